The summed E-state index contributed by atoms with van der Waals surface area (Å²) in [6.45, 7) is 5.70. The van der Waals surface area contributed by atoms with Gasteiger partial charge in [0, 0.05) is 32.0 Å². The molecule has 2 aromatic rings. The number of methoxy groups -OCH3 is 1. The van der Waals surface area contributed by atoms with Crippen molar-refractivity contribution < 1.29 is 14.6 Å². The average Bonchev–Trinajstić information content (AvgIpc) is 3.15. The molecule has 0 aliphatic carbocycles. The van der Waals surface area contributed by atoms with Crippen LogP contribution in [0.4, 0.5) is 0 Å². The van der Waals surface area contributed by atoms with E-state index in [1.165, 1.54) is 25.7 Å². The van der Waals surface area contributed by atoms with E-state index in [9.17, 15) is 5.11 Å². The largest absolute Gasteiger partial charge is 0.493 e. The topological polar surface area (TPSA) is 71.8 Å². The normalized spacial score (nSPS) is 16.2. The number of β-amino-alcohol motifs (C(OH)–C–C–N with tert-alkyl or cyclic N) is 1. The smallest absolute Gasteiger partial charge is 0.161 e. The molecule has 2 N–H and O–H groups in total. The second-order valence-corrected chi connectivity index (χ2v) is 7.96. The number of aromatic nitrogens is 2. The lowest BCUT2D eigenvalue weighted by Gasteiger charge is -2.23. The molecule has 0 bridgehead atoms. The van der Waals surface area contributed by atoms with Gasteiger partial charge in [-0.3, -0.25) is 4.68 Å². The maximum atomic E-state index is 10.4. The maximum absolute atomic E-state index is 10.4. The molecular weight excluding hydrogens is 380 g/mol. The highest BCUT2D eigenvalue weighted by molar-refractivity contribution is 5.43. The molecule has 0 amide bonds. The summed E-state index contributed by atoms with van der Waals surface area (Å²) in [4.78, 5) is 2.35. The highest BCUT2D eigenvalue weighted by Gasteiger charge is 2.15. The third kappa shape index (κ3) is 7.63. The molecule has 3 rings (SSSR count). The summed E-state index contributed by atoms with van der Waals surface area (Å²) < 4.78 is 13.3. The highest BCUT2D eigenvalue weighted by atomic mass is 16.5. The van der Waals surface area contributed by atoms with Crippen LogP contribution in [0, 0.1) is 0 Å². The van der Waals surface area contributed by atoms with Crippen molar-refractivity contribution in [3.05, 3.63) is 42.2 Å². The van der Waals surface area contributed by atoms with E-state index in [1.54, 1.807) is 13.3 Å². The van der Waals surface area contributed by atoms with Gasteiger partial charge in [0.1, 0.15) is 12.7 Å². The van der Waals surface area contributed by atoms with Gasteiger partial charge in [-0.1, -0.05) is 18.9 Å². The number of nitrogens with zero attached hydrogens (tertiary/aromatic N) is 3. The van der Waals surface area contributed by atoms with E-state index >= 15 is 0 Å². The van der Waals surface area contributed by atoms with Crippen molar-refractivity contribution >= 4 is 0 Å². The summed E-state index contributed by atoms with van der Waals surface area (Å²) in [7, 11) is 1.65. The third-order valence-electron chi connectivity index (χ3n) is 5.46. The van der Waals surface area contributed by atoms with Crippen LogP contribution in [0.1, 0.15) is 37.7 Å². The molecule has 7 nitrogen and oxygen atoms in total. The number of ether oxygens (including phenoxy) is 2. The lowest BCUT2D eigenvalue weighted by atomic mass is 10.2. The fraction of sp³-hybridized carbons (Fsp3) is 0.609. The predicted octanol–water partition coefficient (Wildman–Crippen LogP) is 2.69. The standard InChI is InChI=1S/C23H36N4O3/c1-29-23-16-20(17-24-10-6-14-27-15-7-11-25-27)8-9-22(23)30-19-21(28)18-26-12-4-2-3-5-13-26/h7-9,11,15-16,21,24,28H,2-6,10,12-14,17-19H2,1H3. The van der Waals surface area contributed by atoms with Crippen LogP contribution in [0.5, 0.6) is 11.5 Å². The molecule has 1 aromatic heterocycles. The Labute approximate surface area is 180 Å². The Balaban J connectivity index is 1.39. The molecule has 7 heteroatoms. The van der Waals surface area contributed by atoms with E-state index < -0.39 is 6.10 Å². The summed E-state index contributed by atoms with van der Waals surface area (Å²) >= 11 is 0. The molecule has 1 aliphatic heterocycles. The van der Waals surface area contributed by atoms with Gasteiger partial charge in [0.15, 0.2) is 11.5 Å². The number of nitrogens with one attached hydrogen (secondary N) is 1. The van der Waals surface area contributed by atoms with Crippen molar-refractivity contribution in [3.63, 3.8) is 0 Å². The summed E-state index contributed by atoms with van der Waals surface area (Å²) in [5, 5.41) is 18.0. The molecular formula is C23H36N4O3. The fourth-order valence-electron chi connectivity index (χ4n) is 3.83. The van der Waals surface area contributed by atoms with Gasteiger partial charge in [-0.05, 0) is 62.7 Å². The Morgan fingerprint density at radius 3 is 2.73 bits per heavy atom. The molecule has 1 saturated heterocycles. The molecule has 0 saturated carbocycles. The monoisotopic (exact) mass is 416 g/mol. The minimum atomic E-state index is -0.496. The van der Waals surface area contributed by atoms with E-state index in [2.05, 4.69) is 15.3 Å². The number of likely N-dealkylation sites (tertiary alicyclic amines) is 1. The highest BCUT2D eigenvalue weighted by Crippen LogP contribution is 2.28. The average molecular weight is 417 g/mol. The Bertz CT molecular complexity index is 715. The Morgan fingerprint density at radius 1 is 1.17 bits per heavy atom. The Kier molecular flexibility index (Phi) is 9.47. The molecule has 1 fully saturated rings. The van der Waals surface area contributed by atoms with Gasteiger partial charge < -0.3 is 24.8 Å². The summed E-state index contributed by atoms with van der Waals surface area (Å²) in [5.41, 5.74) is 1.14. The lowest BCUT2D eigenvalue weighted by Crippen LogP contribution is -2.36. The second-order valence-electron chi connectivity index (χ2n) is 7.96. The molecule has 0 spiro atoms. The van der Waals surface area contributed by atoms with Gasteiger partial charge >= 0.3 is 0 Å². The van der Waals surface area contributed by atoms with E-state index in [-0.39, 0.29) is 6.61 Å². The number of rotatable bonds is 12. The molecule has 1 unspecified atom stereocenters. The number of aliphatic hydroxyl groups is 1. The minimum Gasteiger partial charge on any atom is -0.493 e. The van der Waals surface area contributed by atoms with Crippen LogP contribution >= 0.6 is 0 Å². The number of benzene rings is 1. The first kappa shape index (κ1) is 22.6. The number of hydrogen-bond donors (Lipinski definition) is 2. The SMILES string of the molecule is COc1cc(CNCCCn2cccn2)ccc1OCC(O)CN1CCCCCC1. The summed E-state index contributed by atoms with van der Waals surface area (Å²) in [6.07, 6.45) is 9.35. The van der Waals surface area contributed by atoms with Gasteiger partial charge in [-0.15, -0.1) is 0 Å². The first-order valence-electron chi connectivity index (χ1n) is 11.1. The maximum Gasteiger partial charge on any atom is 0.161 e. The molecule has 1 aliphatic rings. The van der Waals surface area contributed by atoms with E-state index in [1.807, 2.05) is 35.1 Å². The predicted molar refractivity (Wildman–Crippen MR) is 118 cm³/mol. The Hall–Kier alpha value is -2.09. The second kappa shape index (κ2) is 12.6. The lowest BCUT2D eigenvalue weighted by molar-refractivity contribution is 0.0683. The zero-order valence-corrected chi connectivity index (χ0v) is 18.1. The van der Waals surface area contributed by atoms with Crippen LogP contribution in [0.25, 0.3) is 0 Å². The third-order valence-corrected chi connectivity index (χ3v) is 5.46. The van der Waals surface area contributed by atoms with Crippen molar-refractivity contribution in [1.29, 1.82) is 0 Å². The fourth-order valence-corrected chi connectivity index (χ4v) is 3.83. The summed E-state index contributed by atoms with van der Waals surface area (Å²) in [5.74, 6) is 1.38. The molecule has 0 radical (unpaired) electrons. The van der Waals surface area contributed by atoms with Gasteiger partial charge in [0.2, 0.25) is 0 Å². The van der Waals surface area contributed by atoms with Crippen LogP contribution in [-0.2, 0) is 13.1 Å². The van der Waals surface area contributed by atoms with E-state index in [0.717, 1.165) is 44.7 Å². The zero-order valence-electron chi connectivity index (χ0n) is 18.1. The van der Waals surface area contributed by atoms with Crippen molar-refractivity contribution in [2.45, 2.75) is 51.3 Å². The van der Waals surface area contributed by atoms with Gasteiger partial charge in [0.05, 0.1) is 7.11 Å². The van der Waals surface area contributed by atoms with E-state index in [4.69, 9.17) is 9.47 Å². The molecule has 2 heterocycles. The van der Waals surface area contributed by atoms with Crippen LogP contribution in [0.3, 0.4) is 0 Å². The van der Waals surface area contributed by atoms with Crippen LogP contribution in [0.15, 0.2) is 36.7 Å². The van der Waals surface area contributed by atoms with Gasteiger partial charge in [0.25, 0.3) is 0 Å². The van der Waals surface area contributed by atoms with Crippen LogP contribution in [0.2, 0.25) is 0 Å². The van der Waals surface area contributed by atoms with Crippen molar-refractivity contribution in [3.8, 4) is 11.5 Å². The minimum absolute atomic E-state index is 0.276. The van der Waals surface area contributed by atoms with Crippen molar-refractivity contribution in [2.24, 2.45) is 0 Å². The van der Waals surface area contributed by atoms with Crippen molar-refractivity contribution in [2.75, 3.05) is 39.9 Å². The van der Waals surface area contributed by atoms with Crippen LogP contribution in [-0.4, -0.2) is 65.8 Å². The zero-order chi connectivity index (χ0) is 21.0. The first-order chi connectivity index (χ1) is 14.7. The number of aryl methyl sites for hydroxylation is 1. The Morgan fingerprint density at radius 2 is 2.00 bits per heavy atom. The number of hydrogen-bond acceptors (Lipinski definition) is 6. The molecule has 1 atom stereocenters. The molecule has 166 valence electrons. The quantitative estimate of drug-likeness (QED) is 0.519. The van der Waals surface area contributed by atoms with Gasteiger partial charge in [-0.2, -0.15) is 5.10 Å². The number of aliphatic hydroxyl groups excluding tert-OH is 1. The summed E-state index contributed by atoms with van der Waals surface area (Å²) in [6, 6.07) is 7.91. The van der Waals surface area contributed by atoms with Crippen molar-refractivity contribution in [1.82, 2.24) is 20.0 Å². The van der Waals surface area contributed by atoms with Crippen LogP contribution < -0.4 is 14.8 Å². The first-order valence-corrected chi connectivity index (χ1v) is 11.1. The molecule has 1 aromatic carbocycles. The van der Waals surface area contributed by atoms with Gasteiger partial charge in [-0.25, -0.2) is 0 Å². The van der Waals surface area contributed by atoms with E-state index in [0.29, 0.717) is 18.0 Å². The molecule has 30 heavy (non-hydrogen) atoms.